The van der Waals surface area contributed by atoms with E-state index < -0.39 is 10.0 Å². The average Bonchev–Trinajstić information content (AvgIpc) is 2.46. The van der Waals surface area contributed by atoms with Crippen molar-refractivity contribution in [2.75, 3.05) is 11.9 Å². The van der Waals surface area contributed by atoms with Crippen molar-refractivity contribution in [3.63, 3.8) is 0 Å². The van der Waals surface area contributed by atoms with E-state index in [-0.39, 0.29) is 4.90 Å². The van der Waals surface area contributed by atoms with Crippen molar-refractivity contribution in [1.82, 2.24) is 0 Å². The lowest BCUT2D eigenvalue weighted by molar-refractivity contribution is 0.597. The molecule has 104 valence electrons. The van der Waals surface area contributed by atoms with Crippen molar-refractivity contribution in [3.8, 4) is 0 Å². The number of fused-ring (bicyclic) bond motifs is 1. The van der Waals surface area contributed by atoms with Crippen LogP contribution in [0.4, 0.5) is 5.69 Å². The van der Waals surface area contributed by atoms with Crippen molar-refractivity contribution >= 4 is 15.7 Å². The van der Waals surface area contributed by atoms with Crippen LogP contribution in [0.2, 0.25) is 0 Å². The molecule has 0 bridgehead atoms. The molecular formula is C15H16N2O2S. The predicted molar refractivity (Wildman–Crippen MR) is 79.2 cm³/mol. The molecule has 1 unspecified atom stereocenters. The second-order valence-corrected chi connectivity index (χ2v) is 6.61. The molecule has 1 aliphatic heterocycles. The van der Waals surface area contributed by atoms with E-state index >= 15 is 0 Å². The maximum Gasteiger partial charge on any atom is 0.238 e. The van der Waals surface area contributed by atoms with Gasteiger partial charge in [-0.1, -0.05) is 30.3 Å². The van der Waals surface area contributed by atoms with Crippen molar-refractivity contribution in [3.05, 3.63) is 59.7 Å². The summed E-state index contributed by atoms with van der Waals surface area (Å²) >= 11 is 0. The zero-order chi connectivity index (χ0) is 14.2. The van der Waals surface area contributed by atoms with E-state index in [1.165, 1.54) is 11.3 Å². The van der Waals surface area contributed by atoms with E-state index in [1.807, 2.05) is 24.3 Å². The van der Waals surface area contributed by atoms with Gasteiger partial charge < -0.3 is 5.32 Å². The molecule has 3 rings (SSSR count). The number of rotatable bonds is 2. The fourth-order valence-electron chi connectivity index (χ4n) is 2.61. The Kier molecular flexibility index (Phi) is 3.23. The second kappa shape index (κ2) is 4.92. The monoisotopic (exact) mass is 288 g/mol. The molecule has 0 amide bonds. The summed E-state index contributed by atoms with van der Waals surface area (Å²) < 4.78 is 22.5. The van der Waals surface area contributed by atoms with Gasteiger partial charge in [0, 0.05) is 18.2 Å². The molecule has 0 radical (unpaired) electrons. The van der Waals surface area contributed by atoms with Crippen molar-refractivity contribution in [2.45, 2.75) is 17.2 Å². The van der Waals surface area contributed by atoms with E-state index in [2.05, 4.69) is 17.4 Å². The summed E-state index contributed by atoms with van der Waals surface area (Å²) in [5, 5.41) is 8.52. The van der Waals surface area contributed by atoms with Gasteiger partial charge in [0.1, 0.15) is 0 Å². The summed E-state index contributed by atoms with van der Waals surface area (Å²) in [6, 6.07) is 15.1. The quantitative estimate of drug-likeness (QED) is 0.888. The third-order valence-electron chi connectivity index (χ3n) is 3.70. The lowest BCUT2D eigenvalue weighted by atomic mass is 9.88. The van der Waals surface area contributed by atoms with Crippen LogP contribution in [0.25, 0.3) is 0 Å². The van der Waals surface area contributed by atoms with E-state index in [0.717, 1.165) is 18.5 Å². The number of para-hydroxylation sites is 1. The zero-order valence-electron chi connectivity index (χ0n) is 10.9. The topological polar surface area (TPSA) is 72.2 Å². The summed E-state index contributed by atoms with van der Waals surface area (Å²) in [4.78, 5) is 0.158. The molecule has 0 aliphatic carbocycles. The first-order valence-corrected chi connectivity index (χ1v) is 8.03. The largest absolute Gasteiger partial charge is 0.384 e. The highest BCUT2D eigenvalue weighted by Crippen LogP contribution is 2.30. The normalized spacial score (nSPS) is 18.1. The number of anilines is 1. The van der Waals surface area contributed by atoms with Gasteiger partial charge in [-0.05, 0) is 35.7 Å². The second-order valence-electron chi connectivity index (χ2n) is 5.05. The van der Waals surface area contributed by atoms with E-state index in [0.29, 0.717) is 5.92 Å². The van der Waals surface area contributed by atoms with Crippen molar-refractivity contribution < 1.29 is 8.42 Å². The Bertz CT molecular complexity index is 724. The summed E-state index contributed by atoms with van der Waals surface area (Å²) in [5.41, 5.74) is 3.60. The van der Waals surface area contributed by atoms with Gasteiger partial charge >= 0.3 is 0 Å². The Balaban J connectivity index is 1.85. The molecule has 4 nitrogen and oxygen atoms in total. The SMILES string of the molecule is NS(=O)(=O)c1ccc(C2CNc3ccccc3C2)cc1. The van der Waals surface area contributed by atoms with Crippen LogP contribution in [-0.4, -0.2) is 15.0 Å². The standard InChI is InChI=1S/C15H16N2O2S/c16-20(18,19)14-7-5-11(6-8-14)13-9-12-3-1-2-4-15(12)17-10-13/h1-8,13,17H,9-10H2,(H2,16,18,19). The molecule has 0 aromatic heterocycles. The lowest BCUT2D eigenvalue weighted by Gasteiger charge is -2.26. The maximum absolute atomic E-state index is 11.2. The van der Waals surface area contributed by atoms with E-state index in [9.17, 15) is 8.42 Å². The fraction of sp³-hybridized carbons (Fsp3) is 0.200. The number of sulfonamides is 1. The van der Waals surface area contributed by atoms with Gasteiger partial charge in [0.2, 0.25) is 10.0 Å². The van der Waals surface area contributed by atoms with Crippen LogP contribution in [0, 0.1) is 0 Å². The third-order valence-corrected chi connectivity index (χ3v) is 4.63. The van der Waals surface area contributed by atoms with Crippen LogP contribution in [0.3, 0.4) is 0 Å². The van der Waals surface area contributed by atoms with E-state index in [1.54, 1.807) is 12.1 Å². The summed E-state index contributed by atoms with van der Waals surface area (Å²) in [6.07, 6.45) is 0.956. The molecule has 1 heterocycles. The Morgan fingerprint density at radius 2 is 1.75 bits per heavy atom. The van der Waals surface area contributed by atoms with Crippen LogP contribution in [0.5, 0.6) is 0 Å². The van der Waals surface area contributed by atoms with Gasteiger partial charge in [0.25, 0.3) is 0 Å². The summed E-state index contributed by atoms with van der Waals surface area (Å²) in [6.45, 7) is 0.853. The molecule has 3 N–H and O–H groups in total. The highest BCUT2D eigenvalue weighted by Gasteiger charge is 2.19. The minimum atomic E-state index is -3.61. The van der Waals surface area contributed by atoms with Gasteiger partial charge in [-0.3, -0.25) is 0 Å². The number of nitrogens with two attached hydrogens (primary N) is 1. The zero-order valence-corrected chi connectivity index (χ0v) is 11.7. The molecule has 1 atom stereocenters. The molecule has 2 aromatic rings. The molecule has 1 aliphatic rings. The van der Waals surface area contributed by atoms with Crippen molar-refractivity contribution in [2.24, 2.45) is 5.14 Å². The molecule has 0 saturated heterocycles. The van der Waals surface area contributed by atoms with Crippen LogP contribution in [0.1, 0.15) is 17.0 Å². The Hall–Kier alpha value is -1.85. The molecule has 20 heavy (non-hydrogen) atoms. The Morgan fingerprint density at radius 1 is 1.05 bits per heavy atom. The summed E-state index contributed by atoms with van der Waals surface area (Å²) in [5.74, 6) is 0.347. The minimum absolute atomic E-state index is 0.158. The van der Waals surface area contributed by atoms with E-state index in [4.69, 9.17) is 5.14 Å². The third kappa shape index (κ3) is 2.55. The molecule has 5 heteroatoms. The number of hydrogen-bond acceptors (Lipinski definition) is 3. The Morgan fingerprint density at radius 3 is 2.45 bits per heavy atom. The van der Waals surface area contributed by atoms with Crippen LogP contribution >= 0.6 is 0 Å². The van der Waals surface area contributed by atoms with Crippen molar-refractivity contribution in [1.29, 1.82) is 0 Å². The molecule has 2 aromatic carbocycles. The summed E-state index contributed by atoms with van der Waals surface area (Å²) in [7, 11) is -3.61. The maximum atomic E-state index is 11.2. The van der Waals surface area contributed by atoms with Crippen LogP contribution < -0.4 is 10.5 Å². The van der Waals surface area contributed by atoms with Crippen LogP contribution in [0.15, 0.2) is 53.4 Å². The number of hydrogen-bond donors (Lipinski definition) is 2. The highest BCUT2D eigenvalue weighted by molar-refractivity contribution is 7.89. The molecule has 0 spiro atoms. The highest BCUT2D eigenvalue weighted by atomic mass is 32.2. The fourth-order valence-corrected chi connectivity index (χ4v) is 3.12. The van der Waals surface area contributed by atoms with Gasteiger partial charge in [-0.15, -0.1) is 0 Å². The number of nitrogens with one attached hydrogen (secondary N) is 1. The van der Waals surface area contributed by atoms with Gasteiger partial charge in [-0.25, -0.2) is 13.6 Å². The smallest absolute Gasteiger partial charge is 0.238 e. The minimum Gasteiger partial charge on any atom is -0.384 e. The first-order valence-electron chi connectivity index (χ1n) is 6.48. The van der Waals surface area contributed by atoms with Crippen LogP contribution in [-0.2, 0) is 16.4 Å². The lowest BCUT2D eigenvalue weighted by Crippen LogP contribution is -2.21. The molecule has 0 fully saturated rings. The molecule has 0 saturated carbocycles. The number of benzene rings is 2. The first kappa shape index (κ1) is 13.1. The van der Waals surface area contributed by atoms with Gasteiger partial charge in [0.15, 0.2) is 0 Å². The Labute approximate surface area is 118 Å². The number of primary sulfonamides is 1. The molecular weight excluding hydrogens is 272 g/mol. The predicted octanol–water partition coefficient (Wildman–Crippen LogP) is 2.09. The van der Waals surface area contributed by atoms with Gasteiger partial charge in [0.05, 0.1) is 4.90 Å². The first-order chi connectivity index (χ1) is 9.54. The van der Waals surface area contributed by atoms with Gasteiger partial charge in [-0.2, -0.15) is 0 Å². The average molecular weight is 288 g/mol.